The summed E-state index contributed by atoms with van der Waals surface area (Å²) in [7, 11) is 0. The topological polar surface area (TPSA) is 55.1 Å². The van der Waals surface area contributed by atoms with E-state index in [-0.39, 0.29) is 30.3 Å². The summed E-state index contributed by atoms with van der Waals surface area (Å²) in [6, 6.07) is 16.8. The SMILES string of the molecule is CC(N)c1ccc(CNC(=O)C2CCc3ccccc3CC2)cc1.Cl. The van der Waals surface area contributed by atoms with Gasteiger partial charge in [0.05, 0.1) is 0 Å². The molecule has 3 nitrogen and oxygen atoms in total. The van der Waals surface area contributed by atoms with Gasteiger partial charge in [-0.25, -0.2) is 0 Å². The number of carbonyl (C=O) groups excluding carboxylic acids is 1. The first kappa shape index (κ1) is 19.5. The van der Waals surface area contributed by atoms with Gasteiger partial charge in [0.1, 0.15) is 0 Å². The van der Waals surface area contributed by atoms with Crippen LogP contribution in [0.25, 0.3) is 0 Å². The third kappa shape index (κ3) is 5.07. The van der Waals surface area contributed by atoms with Crippen molar-refractivity contribution in [3.05, 3.63) is 70.8 Å². The molecule has 0 saturated carbocycles. The maximum Gasteiger partial charge on any atom is 0.223 e. The van der Waals surface area contributed by atoms with Crippen molar-refractivity contribution < 1.29 is 4.79 Å². The number of rotatable bonds is 4. The molecular weight excluding hydrogens is 332 g/mol. The summed E-state index contributed by atoms with van der Waals surface area (Å²) >= 11 is 0. The van der Waals surface area contributed by atoms with Gasteiger partial charge < -0.3 is 11.1 Å². The highest BCUT2D eigenvalue weighted by Crippen LogP contribution is 2.24. The number of halogens is 1. The Morgan fingerprint density at radius 3 is 2.16 bits per heavy atom. The van der Waals surface area contributed by atoms with Gasteiger partial charge in [-0.2, -0.15) is 0 Å². The molecule has 1 aliphatic rings. The molecule has 0 saturated heterocycles. The second kappa shape index (κ2) is 9.02. The van der Waals surface area contributed by atoms with Gasteiger partial charge in [0.25, 0.3) is 0 Å². The van der Waals surface area contributed by atoms with Crippen molar-refractivity contribution in [2.24, 2.45) is 11.7 Å². The molecule has 2 aromatic rings. The summed E-state index contributed by atoms with van der Waals surface area (Å²) in [6.45, 7) is 2.56. The Balaban J connectivity index is 0.00000225. The average molecular weight is 359 g/mol. The Labute approximate surface area is 156 Å². The van der Waals surface area contributed by atoms with Crippen molar-refractivity contribution in [2.45, 2.75) is 45.2 Å². The predicted molar refractivity (Wildman–Crippen MR) is 105 cm³/mol. The number of aryl methyl sites for hydroxylation is 2. The lowest BCUT2D eigenvalue weighted by Crippen LogP contribution is -2.30. The van der Waals surface area contributed by atoms with Crippen molar-refractivity contribution in [1.82, 2.24) is 5.32 Å². The fraction of sp³-hybridized carbons (Fsp3) is 0.381. The van der Waals surface area contributed by atoms with Crippen LogP contribution in [0.2, 0.25) is 0 Å². The lowest BCUT2D eigenvalue weighted by molar-refractivity contribution is -0.125. The molecule has 25 heavy (non-hydrogen) atoms. The number of hydrogen-bond donors (Lipinski definition) is 2. The number of amides is 1. The van der Waals surface area contributed by atoms with Gasteiger partial charge in [0, 0.05) is 18.5 Å². The Morgan fingerprint density at radius 2 is 1.64 bits per heavy atom. The summed E-state index contributed by atoms with van der Waals surface area (Å²) in [4.78, 5) is 12.5. The number of nitrogens with one attached hydrogen (secondary N) is 1. The number of nitrogens with two attached hydrogens (primary N) is 1. The molecule has 1 atom stereocenters. The summed E-state index contributed by atoms with van der Waals surface area (Å²) < 4.78 is 0. The fourth-order valence-electron chi connectivity index (χ4n) is 3.38. The highest BCUT2D eigenvalue weighted by molar-refractivity contribution is 5.85. The largest absolute Gasteiger partial charge is 0.352 e. The van der Waals surface area contributed by atoms with Crippen LogP contribution in [0, 0.1) is 5.92 Å². The normalized spacial score (nSPS) is 15.4. The van der Waals surface area contributed by atoms with E-state index in [1.807, 2.05) is 31.2 Å². The lowest BCUT2D eigenvalue weighted by atomic mass is 9.98. The zero-order valence-electron chi connectivity index (χ0n) is 14.7. The first-order chi connectivity index (χ1) is 11.6. The summed E-state index contributed by atoms with van der Waals surface area (Å²) in [6.07, 6.45) is 3.87. The third-order valence-corrected chi connectivity index (χ3v) is 4.99. The van der Waals surface area contributed by atoms with Crippen LogP contribution in [-0.2, 0) is 24.2 Å². The molecule has 0 fully saturated rings. The highest BCUT2D eigenvalue weighted by Gasteiger charge is 2.21. The molecular formula is C21H27ClN2O. The molecule has 0 bridgehead atoms. The van der Waals surface area contributed by atoms with E-state index in [0.717, 1.165) is 36.8 Å². The van der Waals surface area contributed by atoms with E-state index >= 15 is 0 Å². The molecule has 4 heteroatoms. The van der Waals surface area contributed by atoms with Crippen LogP contribution in [0.15, 0.2) is 48.5 Å². The van der Waals surface area contributed by atoms with Crippen LogP contribution in [0.3, 0.4) is 0 Å². The molecule has 2 aromatic carbocycles. The van der Waals surface area contributed by atoms with Crippen molar-refractivity contribution in [3.8, 4) is 0 Å². The van der Waals surface area contributed by atoms with Gasteiger partial charge in [-0.15, -0.1) is 12.4 Å². The van der Waals surface area contributed by atoms with Crippen LogP contribution in [-0.4, -0.2) is 5.91 Å². The Morgan fingerprint density at radius 1 is 1.08 bits per heavy atom. The van der Waals surface area contributed by atoms with E-state index in [2.05, 4.69) is 29.6 Å². The molecule has 1 amide bonds. The summed E-state index contributed by atoms with van der Waals surface area (Å²) in [5, 5.41) is 3.10. The Kier molecular flexibility index (Phi) is 7.03. The smallest absolute Gasteiger partial charge is 0.223 e. The molecule has 0 aromatic heterocycles. The number of fused-ring (bicyclic) bond motifs is 1. The summed E-state index contributed by atoms with van der Waals surface area (Å²) in [5.74, 6) is 0.291. The summed E-state index contributed by atoms with van der Waals surface area (Å²) in [5.41, 5.74) is 10.9. The van der Waals surface area contributed by atoms with Crippen molar-refractivity contribution >= 4 is 18.3 Å². The van der Waals surface area contributed by atoms with E-state index in [9.17, 15) is 4.79 Å². The average Bonchev–Trinajstić information content (AvgIpc) is 2.83. The monoisotopic (exact) mass is 358 g/mol. The van der Waals surface area contributed by atoms with E-state index < -0.39 is 0 Å². The molecule has 0 spiro atoms. The van der Waals surface area contributed by atoms with Gasteiger partial charge in [-0.1, -0.05) is 48.5 Å². The molecule has 1 aliphatic carbocycles. The van der Waals surface area contributed by atoms with Gasteiger partial charge in [0.2, 0.25) is 5.91 Å². The standard InChI is InChI=1S/C21H26N2O.ClH/c1-15(22)17-8-6-16(7-9-17)14-23-21(24)20-12-10-18-4-2-3-5-19(18)11-13-20;/h2-9,15,20H,10-14,22H2,1H3,(H,23,24);1H. The molecule has 0 aliphatic heterocycles. The minimum Gasteiger partial charge on any atom is -0.352 e. The zero-order valence-corrected chi connectivity index (χ0v) is 15.5. The first-order valence-electron chi connectivity index (χ1n) is 8.82. The van der Waals surface area contributed by atoms with E-state index in [1.165, 1.54) is 11.1 Å². The quantitative estimate of drug-likeness (QED) is 0.813. The molecule has 1 unspecified atom stereocenters. The minimum atomic E-state index is 0. The maximum atomic E-state index is 12.5. The van der Waals surface area contributed by atoms with Crippen LogP contribution in [0.4, 0.5) is 0 Å². The van der Waals surface area contributed by atoms with Crippen LogP contribution in [0.1, 0.15) is 48.1 Å². The van der Waals surface area contributed by atoms with E-state index in [4.69, 9.17) is 5.73 Å². The predicted octanol–water partition coefficient (Wildman–Crippen LogP) is 3.94. The van der Waals surface area contributed by atoms with Crippen molar-refractivity contribution in [1.29, 1.82) is 0 Å². The van der Waals surface area contributed by atoms with Crippen LogP contribution in [0.5, 0.6) is 0 Å². The van der Waals surface area contributed by atoms with E-state index in [1.54, 1.807) is 0 Å². The van der Waals surface area contributed by atoms with Crippen LogP contribution < -0.4 is 11.1 Å². The van der Waals surface area contributed by atoms with E-state index in [0.29, 0.717) is 6.54 Å². The minimum absolute atomic E-state index is 0. The van der Waals surface area contributed by atoms with Gasteiger partial charge in [-0.05, 0) is 54.9 Å². The van der Waals surface area contributed by atoms with Gasteiger partial charge in [-0.3, -0.25) is 4.79 Å². The first-order valence-corrected chi connectivity index (χ1v) is 8.82. The number of benzene rings is 2. The van der Waals surface area contributed by atoms with Crippen molar-refractivity contribution in [2.75, 3.05) is 0 Å². The maximum absolute atomic E-state index is 12.5. The third-order valence-electron chi connectivity index (χ3n) is 4.99. The second-order valence-electron chi connectivity index (χ2n) is 6.79. The Bertz CT molecular complexity index is 670. The van der Waals surface area contributed by atoms with Crippen molar-refractivity contribution in [3.63, 3.8) is 0 Å². The molecule has 0 radical (unpaired) electrons. The second-order valence-corrected chi connectivity index (χ2v) is 6.79. The van der Waals surface area contributed by atoms with Gasteiger partial charge >= 0.3 is 0 Å². The van der Waals surface area contributed by atoms with Gasteiger partial charge in [0.15, 0.2) is 0 Å². The molecule has 0 heterocycles. The molecule has 134 valence electrons. The number of carbonyl (C=O) groups is 1. The Hall–Kier alpha value is -1.84. The fourth-order valence-corrected chi connectivity index (χ4v) is 3.38. The highest BCUT2D eigenvalue weighted by atomic mass is 35.5. The molecule has 3 rings (SSSR count). The molecule has 3 N–H and O–H groups in total. The lowest BCUT2D eigenvalue weighted by Gasteiger charge is -2.14. The van der Waals surface area contributed by atoms with Crippen LogP contribution >= 0.6 is 12.4 Å². The number of hydrogen-bond acceptors (Lipinski definition) is 2. The zero-order chi connectivity index (χ0) is 16.9.